The first-order valence-electron chi connectivity index (χ1n) is 5.12. The molecule has 2 aromatic rings. The van der Waals surface area contributed by atoms with Crippen molar-refractivity contribution in [2.24, 2.45) is 0 Å². The van der Waals surface area contributed by atoms with E-state index in [0.29, 0.717) is 5.02 Å². The summed E-state index contributed by atoms with van der Waals surface area (Å²) in [6, 6.07) is 5.47. The third-order valence-corrected chi connectivity index (χ3v) is 4.30. The number of rotatable bonds is 4. The van der Waals surface area contributed by atoms with E-state index in [-0.39, 0.29) is 6.61 Å². The number of benzene rings is 1. The Balaban J connectivity index is 2.23. The molecule has 1 aromatic heterocycles. The Kier molecular flexibility index (Phi) is 4.39. The zero-order valence-corrected chi connectivity index (χ0v) is 11.6. The van der Waals surface area contributed by atoms with Crippen molar-refractivity contribution in [3.8, 4) is 0 Å². The molecule has 0 fully saturated rings. The van der Waals surface area contributed by atoms with Crippen molar-refractivity contribution in [2.45, 2.75) is 29.2 Å². The average Bonchev–Trinajstić information content (AvgIpc) is 2.79. The number of aliphatic hydroxyl groups is 1. The predicted octanol–water partition coefficient (Wildman–Crippen LogP) is 3.40. The van der Waals surface area contributed by atoms with E-state index in [1.807, 2.05) is 19.1 Å². The van der Waals surface area contributed by atoms with Gasteiger partial charge in [-0.2, -0.15) is 4.37 Å². The number of halogens is 1. The van der Waals surface area contributed by atoms with Gasteiger partial charge in [-0.1, -0.05) is 30.3 Å². The maximum Gasteiger partial charge on any atom is 0.174 e. The highest BCUT2D eigenvalue weighted by Crippen LogP contribution is 2.33. The van der Waals surface area contributed by atoms with Crippen LogP contribution in [0.15, 0.2) is 27.4 Å². The minimum atomic E-state index is -0.0255. The number of aliphatic hydroxyl groups excluding tert-OH is 1. The summed E-state index contributed by atoms with van der Waals surface area (Å²) in [5, 5.41) is 9.90. The van der Waals surface area contributed by atoms with Crippen LogP contribution in [-0.4, -0.2) is 14.5 Å². The van der Waals surface area contributed by atoms with E-state index in [2.05, 4.69) is 9.36 Å². The van der Waals surface area contributed by atoms with Crippen LogP contribution < -0.4 is 0 Å². The lowest BCUT2D eigenvalue weighted by molar-refractivity contribution is 0.279. The molecule has 1 aromatic carbocycles. The topological polar surface area (TPSA) is 46.0 Å². The standard InChI is InChI=1S/C11H11ClN2OS2/c1-2-10-13-11(17-14-10)16-9-4-3-8(12)5-7(9)6-15/h3-5,15H,2,6H2,1H3. The molecular weight excluding hydrogens is 276 g/mol. The van der Waals surface area contributed by atoms with Gasteiger partial charge in [-0.15, -0.1) is 0 Å². The van der Waals surface area contributed by atoms with Gasteiger partial charge in [-0.05, 0) is 35.3 Å². The van der Waals surface area contributed by atoms with E-state index in [9.17, 15) is 5.11 Å². The van der Waals surface area contributed by atoms with Gasteiger partial charge in [0, 0.05) is 16.3 Å². The Morgan fingerprint density at radius 2 is 2.29 bits per heavy atom. The van der Waals surface area contributed by atoms with Crippen molar-refractivity contribution < 1.29 is 5.11 Å². The largest absolute Gasteiger partial charge is 0.392 e. The smallest absolute Gasteiger partial charge is 0.174 e. The second kappa shape index (κ2) is 5.82. The maximum atomic E-state index is 9.27. The summed E-state index contributed by atoms with van der Waals surface area (Å²) >= 11 is 8.77. The van der Waals surface area contributed by atoms with Gasteiger partial charge >= 0.3 is 0 Å². The van der Waals surface area contributed by atoms with E-state index in [4.69, 9.17) is 11.6 Å². The summed E-state index contributed by atoms with van der Waals surface area (Å²) in [5.74, 6) is 0.858. The van der Waals surface area contributed by atoms with Crippen LogP contribution in [-0.2, 0) is 13.0 Å². The first kappa shape index (κ1) is 12.8. The van der Waals surface area contributed by atoms with Crippen molar-refractivity contribution in [3.63, 3.8) is 0 Å². The molecular formula is C11H11ClN2OS2. The van der Waals surface area contributed by atoms with Gasteiger partial charge in [0.2, 0.25) is 0 Å². The molecule has 0 aliphatic carbocycles. The molecule has 0 spiro atoms. The molecule has 0 bridgehead atoms. The minimum absolute atomic E-state index is 0.0255. The van der Waals surface area contributed by atoms with Crippen LogP contribution in [0.2, 0.25) is 5.02 Å². The summed E-state index contributed by atoms with van der Waals surface area (Å²) in [7, 11) is 0. The molecule has 2 rings (SSSR count). The molecule has 1 N–H and O–H groups in total. The van der Waals surface area contributed by atoms with Crippen molar-refractivity contribution in [1.82, 2.24) is 9.36 Å². The SMILES string of the molecule is CCc1nsc(Sc2ccc(Cl)cc2CO)n1. The first-order chi connectivity index (χ1) is 8.22. The number of aromatic nitrogens is 2. The van der Waals surface area contributed by atoms with Crippen LogP contribution in [0.5, 0.6) is 0 Å². The average molecular weight is 287 g/mol. The minimum Gasteiger partial charge on any atom is -0.392 e. The quantitative estimate of drug-likeness (QED) is 0.936. The molecule has 90 valence electrons. The van der Waals surface area contributed by atoms with Crippen LogP contribution in [0.1, 0.15) is 18.3 Å². The second-order valence-electron chi connectivity index (χ2n) is 3.34. The molecule has 0 aliphatic rings. The Morgan fingerprint density at radius 1 is 1.47 bits per heavy atom. The number of aryl methyl sites for hydroxylation is 1. The molecule has 17 heavy (non-hydrogen) atoms. The van der Waals surface area contributed by atoms with Gasteiger partial charge in [-0.3, -0.25) is 0 Å². The fraction of sp³-hybridized carbons (Fsp3) is 0.273. The molecule has 0 aliphatic heterocycles. The third-order valence-electron chi connectivity index (χ3n) is 2.16. The second-order valence-corrected chi connectivity index (χ2v) is 5.82. The number of hydrogen-bond acceptors (Lipinski definition) is 5. The zero-order chi connectivity index (χ0) is 12.3. The van der Waals surface area contributed by atoms with Crippen LogP contribution in [0.4, 0.5) is 0 Å². The van der Waals surface area contributed by atoms with Crippen LogP contribution in [0.3, 0.4) is 0 Å². The van der Waals surface area contributed by atoms with Gasteiger partial charge < -0.3 is 5.11 Å². The molecule has 0 unspecified atom stereocenters. The summed E-state index contributed by atoms with van der Waals surface area (Å²) in [4.78, 5) is 5.35. The van der Waals surface area contributed by atoms with Crippen molar-refractivity contribution >= 4 is 34.9 Å². The molecule has 0 radical (unpaired) electrons. The van der Waals surface area contributed by atoms with Gasteiger partial charge in [-0.25, -0.2) is 4.98 Å². The Bertz CT molecular complexity index is 516. The molecule has 0 atom stereocenters. The van der Waals surface area contributed by atoms with E-state index in [1.54, 1.807) is 6.07 Å². The van der Waals surface area contributed by atoms with Crippen molar-refractivity contribution in [2.75, 3.05) is 0 Å². The normalized spacial score (nSPS) is 10.8. The van der Waals surface area contributed by atoms with E-state index in [1.165, 1.54) is 23.3 Å². The monoisotopic (exact) mass is 286 g/mol. The van der Waals surface area contributed by atoms with Gasteiger partial charge in [0.1, 0.15) is 5.82 Å². The Hall–Kier alpha value is -0.620. The number of nitrogens with zero attached hydrogens (tertiary/aromatic N) is 2. The molecule has 1 heterocycles. The van der Waals surface area contributed by atoms with Crippen LogP contribution in [0.25, 0.3) is 0 Å². The highest BCUT2D eigenvalue weighted by atomic mass is 35.5. The molecule has 3 nitrogen and oxygen atoms in total. The highest BCUT2D eigenvalue weighted by molar-refractivity contribution is 8.01. The maximum absolute atomic E-state index is 9.27. The van der Waals surface area contributed by atoms with Gasteiger partial charge in [0.05, 0.1) is 6.61 Å². The van der Waals surface area contributed by atoms with Crippen LogP contribution in [0, 0.1) is 0 Å². The third kappa shape index (κ3) is 3.19. The van der Waals surface area contributed by atoms with Crippen molar-refractivity contribution in [1.29, 1.82) is 0 Å². The fourth-order valence-electron chi connectivity index (χ4n) is 1.29. The van der Waals surface area contributed by atoms with E-state index in [0.717, 1.165) is 27.0 Å². The molecule has 0 amide bonds. The summed E-state index contributed by atoms with van der Waals surface area (Å²) in [6.07, 6.45) is 0.838. The van der Waals surface area contributed by atoms with E-state index < -0.39 is 0 Å². The zero-order valence-electron chi connectivity index (χ0n) is 9.18. The molecule has 0 saturated carbocycles. The van der Waals surface area contributed by atoms with Crippen molar-refractivity contribution in [3.05, 3.63) is 34.6 Å². The fourth-order valence-corrected chi connectivity index (χ4v) is 3.24. The summed E-state index contributed by atoms with van der Waals surface area (Å²) in [5.41, 5.74) is 0.816. The Morgan fingerprint density at radius 3 is 2.94 bits per heavy atom. The molecule has 0 saturated heterocycles. The predicted molar refractivity (Wildman–Crippen MR) is 70.8 cm³/mol. The lowest BCUT2D eigenvalue weighted by Gasteiger charge is -2.04. The van der Waals surface area contributed by atoms with E-state index >= 15 is 0 Å². The summed E-state index contributed by atoms with van der Waals surface area (Å²) < 4.78 is 5.11. The molecule has 6 heteroatoms. The Labute approximate surface area is 113 Å². The highest BCUT2D eigenvalue weighted by Gasteiger charge is 2.08. The van der Waals surface area contributed by atoms with Gasteiger partial charge in [0.15, 0.2) is 4.34 Å². The van der Waals surface area contributed by atoms with Crippen LogP contribution >= 0.6 is 34.9 Å². The van der Waals surface area contributed by atoms with Gasteiger partial charge in [0.25, 0.3) is 0 Å². The summed E-state index contributed by atoms with van der Waals surface area (Å²) in [6.45, 7) is 2.00. The first-order valence-corrected chi connectivity index (χ1v) is 7.09. The lowest BCUT2D eigenvalue weighted by Crippen LogP contribution is -1.87. The number of hydrogen-bond donors (Lipinski definition) is 1. The lowest BCUT2D eigenvalue weighted by atomic mass is 10.2.